The number of imidazole rings is 1. The Morgan fingerprint density at radius 2 is 2.35 bits per heavy atom. The van der Waals surface area contributed by atoms with Gasteiger partial charge >= 0.3 is 5.97 Å². The van der Waals surface area contributed by atoms with E-state index in [1.54, 1.807) is 18.3 Å². The molecule has 1 unspecified atom stereocenters. The molecule has 0 saturated heterocycles. The summed E-state index contributed by atoms with van der Waals surface area (Å²) in [6.45, 7) is 1.17. The van der Waals surface area contributed by atoms with Crippen molar-refractivity contribution in [1.29, 1.82) is 0 Å². The topological polar surface area (TPSA) is 87.3 Å². The number of nitrogens with one attached hydrogen (secondary N) is 2. The molecule has 1 aromatic heterocycles. The van der Waals surface area contributed by atoms with Crippen LogP contribution in [0, 0.1) is 0 Å². The van der Waals surface area contributed by atoms with Crippen LogP contribution in [0.25, 0.3) is 0 Å². The van der Waals surface area contributed by atoms with Gasteiger partial charge in [0.2, 0.25) is 5.91 Å². The average molecular weight is 280 g/mol. The Morgan fingerprint density at radius 3 is 3.10 bits per heavy atom. The number of rotatable bonds is 5. The molecule has 110 valence electrons. The minimum absolute atomic E-state index is 0.0310. The van der Waals surface area contributed by atoms with E-state index in [4.69, 9.17) is 0 Å². The predicted octanol–water partition coefficient (Wildman–Crippen LogP) is -0.164. The van der Waals surface area contributed by atoms with Crippen LogP contribution in [-0.2, 0) is 27.3 Å². The van der Waals surface area contributed by atoms with Gasteiger partial charge in [0.25, 0.3) is 0 Å². The van der Waals surface area contributed by atoms with Gasteiger partial charge in [-0.2, -0.15) is 0 Å². The number of esters is 1. The number of H-pyrrole nitrogens is 1. The normalized spacial score (nSPS) is 17.4. The van der Waals surface area contributed by atoms with Gasteiger partial charge in [0, 0.05) is 33.0 Å². The van der Waals surface area contributed by atoms with E-state index in [0.717, 1.165) is 11.4 Å². The summed E-state index contributed by atoms with van der Waals surface area (Å²) in [6, 6.07) is -0.242. The minimum atomic E-state index is -0.247. The first-order valence-electron chi connectivity index (χ1n) is 6.68. The highest BCUT2D eigenvalue weighted by Crippen LogP contribution is 2.13. The van der Waals surface area contributed by atoms with Crippen molar-refractivity contribution in [2.24, 2.45) is 0 Å². The number of hydrogen-bond donors (Lipinski definition) is 2. The summed E-state index contributed by atoms with van der Waals surface area (Å²) in [5.41, 5.74) is 1.99. The lowest BCUT2D eigenvalue weighted by Crippen LogP contribution is -2.48. The molecule has 2 N–H and O–H groups in total. The summed E-state index contributed by atoms with van der Waals surface area (Å²) in [5.74, 6) is -0.216. The Hall–Kier alpha value is -1.89. The molecule has 1 amide bonds. The third kappa shape index (κ3) is 3.36. The molecule has 2 heterocycles. The maximum absolute atomic E-state index is 12.3. The number of ether oxygens (including phenoxy) is 1. The standard InChI is InChI=1S/C13H20N4O3/c1-17(5-3-4-12(18)20-2)13(19)10-6-9-11(7-14-10)16-8-15-9/h8,10,14H,3-7H2,1-2H3,(H,15,16). The van der Waals surface area contributed by atoms with Gasteiger partial charge in [0.05, 0.1) is 30.9 Å². The number of aromatic amines is 1. The van der Waals surface area contributed by atoms with Gasteiger partial charge < -0.3 is 14.6 Å². The van der Waals surface area contributed by atoms with E-state index in [-0.39, 0.29) is 17.9 Å². The number of methoxy groups -OCH3 is 1. The lowest BCUT2D eigenvalue weighted by Gasteiger charge is -2.27. The molecule has 20 heavy (non-hydrogen) atoms. The van der Waals surface area contributed by atoms with Gasteiger partial charge in [-0.3, -0.25) is 14.9 Å². The lowest BCUT2D eigenvalue weighted by molar-refractivity contribution is -0.141. The van der Waals surface area contributed by atoms with Crippen molar-refractivity contribution in [1.82, 2.24) is 20.2 Å². The zero-order valence-electron chi connectivity index (χ0n) is 11.8. The fraction of sp³-hybridized carbons (Fsp3) is 0.615. The lowest BCUT2D eigenvalue weighted by atomic mass is 10.0. The zero-order chi connectivity index (χ0) is 14.5. The number of nitrogens with zero attached hydrogens (tertiary/aromatic N) is 2. The maximum atomic E-state index is 12.3. The molecular formula is C13H20N4O3. The molecule has 7 nitrogen and oxygen atoms in total. The smallest absolute Gasteiger partial charge is 0.305 e. The van der Waals surface area contributed by atoms with Crippen LogP contribution in [-0.4, -0.2) is 53.5 Å². The van der Waals surface area contributed by atoms with E-state index < -0.39 is 0 Å². The summed E-state index contributed by atoms with van der Waals surface area (Å²) in [6.07, 6.45) is 3.18. The summed E-state index contributed by atoms with van der Waals surface area (Å²) in [7, 11) is 3.12. The van der Waals surface area contributed by atoms with Crippen molar-refractivity contribution >= 4 is 11.9 Å². The number of hydrogen-bond acceptors (Lipinski definition) is 5. The van der Waals surface area contributed by atoms with Crippen molar-refractivity contribution < 1.29 is 14.3 Å². The Labute approximate surface area is 117 Å². The fourth-order valence-corrected chi connectivity index (χ4v) is 2.28. The van der Waals surface area contributed by atoms with E-state index in [9.17, 15) is 9.59 Å². The van der Waals surface area contributed by atoms with Gasteiger partial charge in [-0.1, -0.05) is 0 Å². The van der Waals surface area contributed by atoms with Gasteiger partial charge in [0.1, 0.15) is 0 Å². The molecule has 0 fully saturated rings. The second-order valence-electron chi connectivity index (χ2n) is 4.90. The van der Waals surface area contributed by atoms with Gasteiger partial charge in [-0.25, -0.2) is 4.98 Å². The second-order valence-corrected chi connectivity index (χ2v) is 4.90. The molecule has 1 aliphatic rings. The van der Waals surface area contributed by atoms with Crippen molar-refractivity contribution in [3.63, 3.8) is 0 Å². The predicted molar refractivity (Wildman–Crippen MR) is 71.8 cm³/mol. The molecule has 0 bridgehead atoms. The van der Waals surface area contributed by atoms with Crippen LogP contribution >= 0.6 is 0 Å². The number of aromatic nitrogens is 2. The Bertz CT molecular complexity index is 486. The van der Waals surface area contributed by atoms with E-state index in [1.807, 2.05) is 0 Å². The average Bonchev–Trinajstić information content (AvgIpc) is 2.93. The summed E-state index contributed by atoms with van der Waals surface area (Å²) >= 11 is 0. The van der Waals surface area contributed by atoms with Crippen LogP contribution in [0.3, 0.4) is 0 Å². The van der Waals surface area contributed by atoms with E-state index in [2.05, 4.69) is 20.0 Å². The monoisotopic (exact) mass is 280 g/mol. The molecule has 0 aromatic carbocycles. The third-order valence-electron chi connectivity index (χ3n) is 3.51. The van der Waals surface area contributed by atoms with Crippen LogP contribution in [0.2, 0.25) is 0 Å². The number of carbonyl (C=O) groups is 2. The van der Waals surface area contributed by atoms with Crippen molar-refractivity contribution in [2.75, 3.05) is 20.7 Å². The number of carbonyl (C=O) groups excluding carboxylic acids is 2. The molecular weight excluding hydrogens is 260 g/mol. The number of likely N-dealkylation sites (N-methyl/N-ethyl adjacent to an activating group) is 1. The molecule has 0 radical (unpaired) electrons. The van der Waals surface area contributed by atoms with Crippen molar-refractivity contribution in [3.8, 4) is 0 Å². The Balaban J connectivity index is 1.81. The first kappa shape index (κ1) is 14.5. The van der Waals surface area contributed by atoms with Crippen LogP contribution in [0.1, 0.15) is 24.2 Å². The highest BCUT2D eigenvalue weighted by atomic mass is 16.5. The van der Waals surface area contributed by atoms with Gasteiger partial charge in [-0.15, -0.1) is 0 Å². The van der Waals surface area contributed by atoms with Crippen molar-refractivity contribution in [2.45, 2.75) is 31.8 Å². The molecule has 1 atom stereocenters. The quantitative estimate of drug-likeness (QED) is 0.732. The second kappa shape index (κ2) is 6.51. The molecule has 0 aliphatic carbocycles. The first-order valence-corrected chi connectivity index (χ1v) is 6.68. The van der Waals surface area contributed by atoms with Crippen LogP contribution in [0.15, 0.2) is 6.33 Å². The molecule has 2 rings (SSSR count). The molecule has 1 aromatic rings. The van der Waals surface area contributed by atoms with Gasteiger partial charge in [0.15, 0.2) is 0 Å². The first-order chi connectivity index (χ1) is 9.61. The van der Waals surface area contributed by atoms with E-state index >= 15 is 0 Å². The number of fused-ring (bicyclic) bond motifs is 1. The van der Waals surface area contributed by atoms with Crippen LogP contribution in [0.5, 0.6) is 0 Å². The van der Waals surface area contributed by atoms with Crippen molar-refractivity contribution in [3.05, 3.63) is 17.7 Å². The van der Waals surface area contributed by atoms with E-state index in [0.29, 0.717) is 32.4 Å². The minimum Gasteiger partial charge on any atom is -0.469 e. The number of amides is 1. The highest BCUT2D eigenvalue weighted by molar-refractivity contribution is 5.82. The molecule has 7 heteroatoms. The highest BCUT2D eigenvalue weighted by Gasteiger charge is 2.27. The molecule has 0 spiro atoms. The Kier molecular flexibility index (Phi) is 4.73. The zero-order valence-corrected chi connectivity index (χ0v) is 11.8. The molecule has 0 saturated carbocycles. The largest absolute Gasteiger partial charge is 0.469 e. The Morgan fingerprint density at radius 1 is 1.55 bits per heavy atom. The SMILES string of the molecule is COC(=O)CCCN(C)C(=O)C1Cc2nc[nH]c2CN1. The summed E-state index contributed by atoms with van der Waals surface area (Å²) in [5, 5.41) is 3.20. The van der Waals surface area contributed by atoms with E-state index in [1.165, 1.54) is 7.11 Å². The third-order valence-corrected chi connectivity index (χ3v) is 3.51. The summed E-state index contributed by atoms with van der Waals surface area (Å²) in [4.78, 5) is 32.2. The maximum Gasteiger partial charge on any atom is 0.305 e. The fourth-order valence-electron chi connectivity index (χ4n) is 2.28. The van der Waals surface area contributed by atoms with Gasteiger partial charge in [-0.05, 0) is 6.42 Å². The van der Waals surface area contributed by atoms with Crippen LogP contribution in [0.4, 0.5) is 0 Å². The van der Waals surface area contributed by atoms with Crippen LogP contribution < -0.4 is 5.32 Å². The molecule has 1 aliphatic heterocycles. The summed E-state index contributed by atoms with van der Waals surface area (Å²) < 4.78 is 4.57.